The van der Waals surface area contributed by atoms with Gasteiger partial charge in [0.1, 0.15) is 23.2 Å². The third kappa shape index (κ3) is 4.49. The summed E-state index contributed by atoms with van der Waals surface area (Å²) in [7, 11) is 0. The molecular weight excluding hydrogens is 411 g/mol. The number of ether oxygens (including phenoxy) is 1. The minimum Gasteiger partial charge on any atom is -0.487 e. The molecule has 4 nitrogen and oxygen atoms in total. The van der Waals surface area contributed by atoms with Gasteiger partial charge in [0.2, 0.25) is 0 Å². The number of nitrogens with zero attached hydrogens (tertiary/aromatic N) is 2. The highest BCUT2D eigenvalue weighted by Gasteiger charge is 2.23. The summed E-state index contributed by atoms with van der Waals surface area (Å²) >= 11 is 1.61. The molecule has 5 rings (SSSR count). The molecule has 6 heteroatoms. The lowest BCUT2D eigenvalue weighted by molar-refractivity contribution is 0.0857. The van der Waals surface area contributed by atoms with Gasteiger partial charge < -0.3 is 9.57 Å². The Labute approximate surface area is 183 Å². The summed E-state index contributed by atoms with van der Waals surface area (Å²) in [6.07, 6.45) is 0.494. The van der Waals surface area contributed by atoms with E-state index in [1.54, 1.807) is 23.5 Å². The molecule has 0 aliphatic carbocycles. The number of halogens is 1. The SMILES string of the molecule is Fc1ccc(C2=NOC(c3ccc(OCc4csc(-c5ccccc5)n4)cc3)C2)cc1. The standard InChI is InChI=1S/C25H19FN2O2S/c26-20-10-6-17(7-11-20)23-14-24(30-28-23)18-8-12-22(13-9-18)29-15-21-16-31-25(27-21)19-4-2-1-3-5-19/h1-13,16,24H,14-15H2. The summed E-state index contributed by atoms with van der Waals surface area (Å²) < 4.78 is 19.0. The Morgan fingerprint density at radius 3 is 2.48 bits per heavy atom. The van der Waals surface area contributed by atoms with Gasteiger partial charge in [0.25, 0.3) is 0 Å². The van der Waals surface area contributed by atoms with Crippen molar-refractivity contribution in [1.82, 2.24) is 4.98 Å². The van der Waals surface area contributed by atoms with Gasteiger partial charge in [-0.05, 0) is 35.4 Å². The second kappa shape index (κ2) is 8.70. The Balaban J connectivity index is 1.18. The van der Waals surface area contributed by atoms with Gasteiger partial charge in [-0.15, -0.1) is 11.3 Å². The first kappa shape index (κ1) is 19.5. The molecule has 0 bridgehead atoms. The van der Waals surface area contributed by atoms with Crippen LogP contribution in [0.4, 0.5) is 4.39 Å². The predicted molar refractivity (Wildman–Crippen MR) is 120 cm³/mol. The molecule has 0 saturated carbocycles. The number of rotatable bonds is 6. The van der Waals surface area contributed by atoms with Crippen molar-refractivity contribution in [2.75, 3.05) is 0 Å². The van der Waals surface area contributed by atoms with Gasteiger partial charge >= 0.3 is 0 Å². The van der Waals surface area contributed by atoms with Gasteiger partial charge in [0, 0.05) is 17.4 Å². The van der Waals surface area contributed by atoms with E-state index in [0.717, 1.165) is 38.9 Å². The molecule has 2 heterocycles. The van der Waals surface area contributed by atoms with E-state index in [4.69, 9.17) is 9.57 Å². The third-order valence-electron chi connectivity index (χ3n) is 5.06. The first-order valence-electron chi connectivity index (χ1n) is 9.96. The first-order chi connectivity index (χ1) is 15.2. The lowest BCUT2D eigenvalue weighted by atomic mass is 10.0. The van der Waals surface area contributed by atoms with E-state index in [0.29, 0.717) is 13.0 Å². The number of hydrogen-bond acceptors (Lipinski definition) is 5. The summed E-state index contributed by atoms with van der Waals surface area (Å²) in [5.41, 5.74) is 4.74. The van der Waals surface area contributed by atoms with Gasteiger partial charge in [-0.1, -0.05) is 59.8 Å². The number of aromatic nitrogens is 1. The van der Waals surface area contributed by atoms with E-state index < -0.39 is 0 Å². The van der Waals surface area contributed by atoms with Crippen LogP contribution < -0.4 is 4.74 Å². The molecule has 1 aromatic heterocycles. The molecule has 3 aromatic carbocycles. The van der Waals surface area contributed by atoms with E-state index in [-0.39, 0.29) is 11.9 Å². The summed E-state index contributed by atoms with van der Waals surface area (Å²) in [6, 6.07) is 24.3. The van der Waals surface area contributed by atoms with Crippen LogP contribution in [0, 0.1) is 5.82 Å². The normalized spacial score (nSPS) is 15.4. The molecule has 0 amide bonds. The van der Waals surface area contributed by atoms with Crippen LogP contribution in [0.2, 0.25) is 0 Å². The van der Waals surface area contributed by atoms with Gasteiger partial charge in [-0.3, -0.25) is 0 Å². The maximum atomic E-state index is 13.1. The maximum Gasteiger partial charge on any atom is 0.158 e. The van der Waals surface area contributed by atoms with Crippen LogP contribution in [-0.4, -0.2) is 10.7 Å². The second-order valence-electron chi connectivity index (χ2n) is 7.21. The molecule has 0 fully saturated rings. The van der Waals surface area contributed by atoms with Crippen molar-refractivity contribution in [3.8, 4) is 16.3 Å². The van der Waals surface area contributed by atoms with Crippen LogP contribution in [0.3, 0.4) is 0 Å². The highest BCUT2D eigenvalue weighted by Crippen LogP contribution is 2.31. The molecule has 1 unspecified atom stereocenters. The summed E-state index contributed by atoms with van der Waals surface area (Å²) in [6.45, 7) is 0.417. The molecule has 1 atom stereocenters. The van der Waals surface area contributed by atoms with E-state index in [9.17, 15) is 4.39 Å². The average Bonchev–Trinajstić information content (AvgIpc) is 3.50. The van der Waals surface area contributed by atoms with Gasteiger partial charge in [-0.25, -0.2) is 9.37 Å². The Hall–Kier alpha value is -3.51. The average molecular weight is 431 g/mol. The van der Waals surface area contributed by atoms with Crippen molar-refractivity contribution >= 4 is 17.0 Å². The second-order valence-corrected chi connectivity index (χ2v) is 8.07. The summed E-state index contributed by atoms with van der Waals surface area (Å²) in [5.74, 6) is 0.514. The smallest absolute Gasteiger partial charge is 0.158 e. The Kier molecular flexibility index (Phi) is 5.46. The number of oxime groups is 1. The fourth-order valence-corrected chi connectivity index (χ4v) is 4.20. The zero-order chi connectivity index (χ0) is 21.0. The van der Waals surface area contributed by atoms with Crippen molar-refractivity contribution in [3.05, 3.63) is 107 Å². The zero-order valence-corrected chi connectivity index (χ0v) is 17.4. The minimum atomic E-state index is -0.260. The Bertz CT molecular complexity index is 1190. The van der Waals surface area contributed by atoms with Crippen LogP contribution in [0.15, 0.2) is 89.4 Å². The molecule has 0 saturated heterocycles. The molecule has 1 aliphatic rings. The van der Waals surface area contributed by atoms with Crippen LogP contribution in [0.25, 0.3) is 10.6 Å². The van der Waals surface area contributed by atoms with Gasteiger partial charge in [0.05, 0.1) is 11.4 Å². The molecule has 154 valence electrons. The van der Waals surface area contributed by atoms with Crippen molar-refractivity contribution < 1.29 is 14.0 Å². The van der Waals surface area contributed by atoms with E-state index in [2.05, 4.69) is 22.3 Å². The molecule has 1 aliphatic heterocycles. The van der Waals surface area contributed by atoms with Crippen molar-refractivity contribution in [3.63, 3.8) is 0 Å². The lowest BCUT2D eigenvalue weighted by Gasteiger charge is -2.10. The molecule has 0 radical (unpaired) electrons. The number of benzene rings is 3. The van der Waals surface area contributed by atoms with Crippen molar-refractivity contribution in [2.24, 2.45) is 5.16 Å². The van der Waals surface area contributed by atoms with E-state index in [1.807, 2.05) is 47.8 Å². The van der Waals surface area contributed by atoms with E-state index in [1.165, 1.54) is 12.1 Å². The number of thiazole rings is 1. The molecular formula is C25H19FN2O2S. The Morgan fingerprint density at radius 2 is 1.71 bits per heavy atom. The fourth-order valence-electron chi connectivity index (χ4n) is 3.39. The van der Waals surface area contributed by atoms with Crippen molar-refractivity contribution in [1.29, 1.82) is 0 Å². The lowest BCUT2D eigenvalue weighted by Crippen LogP contribution is -2.02. The predicted octanol–water partition coefficient (Wildman–Crippen LogP) is 6.39. The van der Waals surface area contributed by atoms with Gasteiger partial charge in [0.15, 0.2) is 6.10 Å². The van der Waals surface area contributed by atoms with Crippen LogP contribution in [-0.2, 0) is 11.4 Å². The third-order valence-corrected chi connectivity index (χ3v) is 6.00. The zero-order valence-electron chi connectivity index (χ0n) is 16.6. The molecule has 0 N–H and O–H groups in total. The Morgan fingerprint density at radius 1 is 0.935 bits per heavy atom. The highest BCUT2D eigenvalue weighted by atomic mass is 32.1. The van der Waals surface area contributed by atoms with E-state index >= 15 is 0 Å². The molecule has 4 aromatic rings. The largest absolute Gasteiger partial charge is 0.487 e. The number of hydrogen-bond donors (Lipinski definition) is 0. The maximum absolute atomic E-state index is 13.1. The monoisotopic (exact) mass is 430 g/mol. The summed E-state index contributed by atoms with van der Waals surface area (Å²) in [4.78, 5) is 10.2. The highest BCUT2D eigenvalue weighted by molar-refractivity contribution is 7.13. The van der Waals surface area contributed by atoms with Crippen molar-refractivity contribution in [2.45, 2.75) is 19.1 Å². The fraction of sp³-hybridized carbons (Fsp3) is 0.120. The van der Waals surface area contributed by atoms with Crippen LogP contribution in [0.5, 0.6) is 5.75 Å². The minimum absolute atomic E-state index is 0.152. The van der Waals surface area contributed by atoms with Gasteiger partial charge in [-0.2, -0.15) is 0 Å². The summed E-state index contributed by atoms with van der Waals surface area (Å²) in [5, 5.41) is 7.19. The quantitative estimate of drug-likeness (QED) is 0.356. The first-order valence-corrected chi connectivity index (χ1v) is 10.8. The topological polar surface area (TPSA) is 43.7 Å². The van der Waals surface area contributed by atoms with Crippen LogP contribution >= 0.6 is 11.3 Å². The molecule has 0 spiro atoms. The molecule has 31 heavy (non-hydrogen) atoms. The van der Waals surface area contributed by atoms with Crippen LogP contribution in [0.1, 0.15) is 29.3 Å².